The quantitative estimate of drug-likeness (QED) is 0.803. The van der Waals surface area contributed by atoms with Crippen molar-refractivity contribution in [3.63, 3.8) is 0 Å². The molecule has 3 heteroatoms. The van der Waals surface area contributed by atoms with Crippen molar-refractivity contribution in [2.24, 2.45) is 0 Å². The second-order valence-electron chi connectivity index (χ2n) is 5.12. The van der Waals surface area contributed by atoms with Gasteiger partial charge in [0.25, 0.3) is 0 Å². The number of aromatic amines is 1. The molecule has 0 saturated heterocycles. The van der Waals surface area contributed by atoms with Gasteiger partial charge in [-0.2, -0.15) is 0 Å². The number of hydrogen-bond donors (Lipinski definition) is 1. The van der Waals surface area contributed by atoms with Crippen LogP contribution in [0.5, 0.6) is 0 Å². The van der Waals surface area contributed by atoms with Gasteiger partial charge in [0.15, 0.2) is 0 Å². The lowest BCUT2D eigenvalue weighted by molar-refractivity contribution is 0.773. The highest BCUT2D eigenvalue weighted by molar-refractivity contribution is 7.71. The molecule has 0 amide bonds. The zero-order chi connectivity index (χ0) is 13.8. The summed E-state index contributed by atoms with van der Waals surface area (Å²) in [4.78, 5) is 7.74. The molecule has 1 aromatic heterocycles. The van der Waals surface area contributed by atoms with E-state index in [4.69, 9.17) is 12.2 Å². The van der Waals surface area contributed by atoms with Crippen LogP contribution in [0.1, 0.15) is 44.5 Å². The molecule has 0 aliphatic carbocycles. The Kier molecular flexibility index (Phi) is 4.48. The number of aryl methyl sites for hydroxylation is 1. The van der Waals surface area contributed by atoms with E-state index in [-0.39, 0.29) is 0 Å². The van der Waals surface area contributed by atoms with Crippen LogP contribution in [-0.4, -0.2) is 9.97 Å². The molecule has 0 aliphatic heterocycles. The summed E-state index contributed by atoms with van der Waals surface area (Å²) in [5.74, 6) is 1.29. The Bertz CT molecular complexity index is 597. The molecule has 2 nitrogen and oxygen atoms in total. The standard InChI is InChI=1S/C16H20N2S/c1-4-5-12-6-8-13(9-7-12)14-10-15(19)18-16(17-14)11(2)3/h6-11H,4-5H2,1-3H3,(H,17,18,19). The van der Waals surface area contributed by atoms with Crippen LogP contribution in [0.15, 0.2) is 30.3 Å². The van der Waals surface area contributed by atoms with Crippen LogP contribution in [0, 0.1) is 4.64 Å². The van der Waals surface area contributed by atoms with Gasteiger partial charge >= 0.3 is 0 Å². The Morgan fingerprint density at radius 3 is 2.47 bits per heavy atom. The average molecular weight is 272 g/mol. The minimum Gasteiger partial charge on any atom is -0.343 e. The van der Waals surface area contributed by atoms with E-state index < -0.39 is 0 Å². The molecule has 0 saturated carbocycles. The number of hydrogen-bond acceptors (Lipinski definition) is 2. The van der Waals surface area contributed by atoms with Crippen molar-refractivity contribution < 1.29 is 0 Å². The molecule has 2 rings (SSSR count). The summed E-state index contributed by atoms with van der Waals surface area (Å²) >= 11 is 5.24. The average Bonchev–Trinajstić information content (AvgIpc) is 2.39. The third kappa shape index (κ3) is 3.51. The molecule has 0 unspecified atom stereocenters. The monoisotopic (exact) mass is 272 g/mol. The highest BCUT2D eigenvalue weighted by Gasteiger charge is 2.05. The minimum absolute atomic E-state index is 0.348. The van der Waals surface area contributed by atoms with Crippen molar-refractivity contribution in [3.8, 4) is 11.3 Å². The SMILES string of the molecule is CCCc1ccc(-c2cc(=S)nc(C(C)C)[nH]2)cc1. The largest absolute Gasteiger partial charge is 0.343 e. The van der Waals surface area contributed by atoms with Gasteiger partial charge in [0.05, 0.1) is 0 Å². The fourth-order valence-electron chi connectivity index (χ4n) is 2.05. The summed E-state index contributed by atoms with van der Waals surface area (Å²) in [5.41, 5.74) is 3.59. The van der Waals surface area contributed by atoms with Gasteiger partial charge in [-0.15, -0.1) is 0 Å². The molecule has 0 bridgehead atoms. The van der Waals surface area contributed by atoms with Gasteiger partial charge in [0, 0.05) is 11.6 Å². The van der Waals surface area contributed by atoms with Crippen LogP contribution in [0.25, 0.3) is 11.3 Å². The van der Waals surface area contributed by atoms with E-state index in [1.165, 1.54) is 12.0 Å². The van der Waals surface area contributed by atoms with Crippen molar-refractivity contribution >= 4 is 12.2 Å². The highest BCUT2D eigenvalue weighted by atomic mass is 32.1. The van der Waals surface area contributed by atoms with Crippen LogP contribution in [0.3, 0.4) is 0 Å². The van der Waals surface area contributed by atoms with Crippen LogP contribution < -0.4 is 0 Å². The summed E-state index contributed by atoms with van der Waals surface area (Å²) in [7, 11) is 0. The summed E-state index contributed by atoms with van der Waals surface area (Å²) in [6, 6.07) is 10.6. The Balaban J connectivity index is 2.38. The molecule has 2 aromatic rings. The Morgan fingerprint density at radius 2 is 1.89 bits per heavy atom. The molecule has 100 valence electrons. The molecule has 0 atom stereocenters. The van der Waals surface area contributed by atoms with E-state index >= 15 is 0 Å². The van der Waals surface area contributed by atoms with Crippen molar-refractivity contribution in [3.05, 3.63) is 46.4 Å². The van der Waals surface area contributed by atoms with E-state index in [9.17, 15) is 0 Å². The third-order valence-corrected chi connectivity index (χ3v) is 3.32. The molecule has 1 heterocycles. The maximum absolute atomic E-state index is 5.24. The van der Waals surface area contributed by atoms with Gasteiger partial charge in [-0.3, -0.25) is 0 Å². The minimum atomic E-state index is 0.348. The fraction of sp³-hybridized carbons (Fsp3) is 0.375. The van der Waals surface area contributed by atoms with Crippen molar-refractivity contribution in [1.29, 1.82) is 0 Å². The summed E-state index contributed by atoms with van der Waals surface area (Å²) < 4.78 is 0.648. The number of aromatic nitrogens is 2. The Labute approximate surface area is 119 Å². The van der Waals surface area contributed by atoms with Crippen molar-refractivity contribution in [1.82, 2.24) is 9.97 Å². The second-order valence-corrected chi connectivity index (χ2v) is 5.54. The number of H-pyrrole nitrogens is 1. The predicted molar refractivity (Wildman–Crippen MR) is 82.9 cm³/mol. The van der Waals surface area contributed by atoms with E-state index in [0.717, 1.165) is 23.5 Å². The molecule has 19 heavy (non-hydrogen) atoms. The van der Waals surface area contributed by atoms with E-state index in [2.05, 4.69) is 55.0 Å². The predicted octanol–water partition coefficient (Wildman–Crippen LogP) is 4.88. The second kappa shape index (κ2) is 6.11. The summed E-state index contributed by atoms with van der Waals surface area (Å²) in [5, 5.41) is 0. The maximum Gasteiger partial charge on any atom is 0.130 e. The fourth-order valence-corrected chi connectivity index (χ4v) is 2.26. The van der Waals surface area contributed by atoms with Crippen LogP contribution >= 0.6 is 12.2 Å². The third-order valence-electron chi connectivity index (χ3n) is 3.11. The van der Waals surface area contributed by atoms with Gasteiger partial charge in [-0.1, -0.05) is 63.7 Å². The van der Waals surface area contributed by atoms with Gasteiger partial charge in [0.2, 0.25) is 0 Å². The van der Waals surface area contributed by atoms with Crippen molar-refractivity contribution in [2.75, 3.05) is 0 Å². The normalized spacial score (nSPS) is 10.9. The van der Waals surface area contributed by atoms with Crippen LogP contribution in [0.4, 0.5) is 0 Å². The molecule has 0 radical (unpaired) electrons. The molecular weight excluding hydrogens is 252 g/mol. The van der Waals surface area contributed by atoms with Gasteiger partial charge < -0.3 is 4.98 Å². The number of rotatable bonds is 4. The highest BCUT2D eigenvalue weighted by Crippen LogP contribution is 2.20. The van der Waals surface area contributed by atoms with Gasteiger partial charge in [-0.25, -0.2) is 4.98 Å². The van der Waals surface area contributed by atoms with Gasteiger partial charge in [0.1, 0.15) is 10.5 Å². The van der Waals surface area contributed by atoms with Crippen LogP contribution in [0.2, 0.25) is 0 Å². The van der Waals surface area contributed by atoms with E-state index in [1.807, 2.05) is 6.07 Å². The molecular formula is C16H20N2S. The lowest BCUT2D eigenvalue weighted by atomic mass is 10.1. The molecule has 0 aliphatic rings. The van der Waals surface area contributed by atoms with E-state index in [0.29, 0.717) is 10.6 Å². The van der Waals surface area contributed by atoms with Gasteiger partial charge in [-0.05, 0) is 23.6 Å². The molecule has 0 fully saturated rings. The summed E-state index contributed by atoms with van der Waals surface area (Å²) in [6.45, 7) is 6.42. The first kappa shape index (κ1) is 13.9. The number of nitrogens with one attached hydrogen (secondary N) is 1. The lowest BCUT2D eigenvalue weighted by Crippen LogP contribution is -1.99. The smallest absolute Gasteiger partial charge is 0.130 e. The molecule has 1 N–H and O–H groups in total. The zero-order valence-corrected chi connectivity index (χ0v) is 12.6. The van der Waals surface area contributed by atoms with E-state index in [1.54, 1.807) is 0 Å². The number of benzene rings is 1. The Morgan fingerprint density at radius 1 is 1.21 bits per heavy atom. The first-order valence-electron chi connectivity index (χ1n) is 6.80. The maximum atomic E-state index is 5.24. The summed E-state index contributed by atoms with van der Waals surface area (Å²) in [6.07, 6.45) is 2.30. The topological polar surface area (TPSA) is 28.7 Å². The molecule has 1 aromatic carbocycles. The first-order valence-corrected chi connectivity index (χ1v) is 7.21. The number of nitrogens with zero attached hydrogens (tertiary/aromatic N) is 1. The van der Waals surface area contributed by atoms with Crippen molar-refractivity contribution in [2.45, 2.75) is 39.5 Å². The zero-order valence-electron chi connectivity index (χ0n) is 11.7. The first-order chi connectivity index (χ1) is 9.10. The molecule has 0 spiro atoms. The Hall–Kier alpha value is -1.48. The van der Waals surface area contributed by atoms with Crippen LogP contribution in [-0.2, 0) is 6.42 Å². The lowest BCUT2D eigenvalue weighted by Gasteiger charge is -2.09.